The zero-order valence-corrected chi connectivity index (χ0v) is 15.4. The van der Waals surface area contributed by atoms with Gasteiger partial charge in [-0.05, 0) is 25.7 Å². The van der Waals surface area contributed by atoms with Crippen LogP contribution in [0.25, 0.3) is 11.2 Å². The summed E-state index contributed by atoms with van der Waals surface area (Å²) in [5, 5.41) is 0. The Hall–Kier alpha value is -2.05. The normalized spacial score (nSPS) is 15.2. The molecule has 0 amide bonds. The third-order valence-corrected chi connectivity index (χ3v) is 5.11. The molecule has 0 radical (unpaired) electrons. The maximum atomic E-state index is 12.5. The molecule has 7 nitrogen and oxygen atoms in total. The van der Waals surface area contributed by atoms with E-state index in [0.29, 0.717) is 11.2 Å². The zero-order chi connectivity index (χ0) is 17.8. The number of aryl methyl sites for hydroxylation is 2. The van der Waals surface area contributed by atoms with Gasteiger partial charge in [0.15, 0.2) is 11.2 Å². The molecule has 1 N–H and O–H groups in total. The smallest absolute Gasteiger partial charge is 0.329 e. The Morgan fingerprint density at radius 3 is 2.48 bits per heavy atom. The second-order valence-electron chi connectivity index (χ2n) is 7.02. The van der Waals surface area contributed by atoms with E-state index in [1.165, 1.54) is 30.3 Å². The summed E-state index contributed by atoms with van der Waals surface area (Å²) in [6, 6.07) is 0. The van der Waals surface area contributed by atoms with Gasteiger partial charge in [-0.1, -0.05) is 32.6 Å². The van der Waals surface area contributed by atoms with Crippen LogP contribution in [0.4, 0.5) is 5.95 Å². The van der Waals surface area contributed by atoms with E-state index in [1.54, 1.807) is 7.05 Å². The highest BCUT2D eigenvalue weighted by molar-refractivity contribution is 5.74. The maximum absolute atomic E-state index is 12.5. The molecule has 3 rings (SSSR count). The van der Waals surface area contributed by atoms with Crippen LogP contribution in [0.3, 0.4) is 0 Å². The average Bonchev–Trinajstić information content (AvgIpc) is 3.00. The Bertz CT molecular complexity index is 826. The number of imidazole rings is 1. The number of hydrogen-bond donors (Lipinski definition) is 1. The number of nitrogens with one attached hydrogen (secondary N) is 1. The summed E-state index contributed by atoms with van der Waals surface area (Å²) in [6.45, 7) is 4.90. The van der Waals surface area contributed by atoms with Crippen molar-refractivity contribution in [3.8, 4) is 0 Å². The van der Waals surface area contributed by atoms with E-state index in [0.717, 1.165) is 51.3 Å². The second kappa shape index (κ2) is 7.89. The number of nitrogens with zero attached hydrogens (tertiary/aromatic N) is 4. The van der Waals surface area contributed by atoms with Crippen molar-refractivity contribution in [1.29, 1.82) is 0 Å². The van der Waals surface area contributed by atoms with E-state index < -0.39 is 5.69 Å². The van der Waals surface area contributed by atoms with Gasteiger partial charge in [-0.15, -0.1) is 0 Å². The van der Waals surface area contributed by atoms with Crippen molar-refractivity contribution in [1.82, 2.24) is 19.1 Å². The fourth-order valence-electron chi connectivity index (χ4n) is 3.64. The highest BCUT2D eigenvalue weighted by Crippen LogP contribution is 2.23. The van der Waals surface area contributed by atoms with Gasteiger partial charge < -0.3 is 9.47 Å². The molecular formula is C18H29N5O2. The van der Waals surface area contributed by atoms with Crippen molar-refractivity contribution < 1.29 is 0 Å². The Kier molecular flexibility index (Phi) is 5.60. The van der Waals surface area contributed by atoms with Gasteiger partial charge in [0.05, 0.1) is 0 Å². The molecule has 25 heavy (non-hydrogen) atoms. The van der Waals surface area contributed by atoms with E-state index >= 15 is 0 Å². The predicted molar refractivity (Wildman–Crippen MR) is 100 cm³/mol. The minimum absolute atomic E-state index is 0.331. The SMILES string of the molecule is CCCCCCCn1c(N2CCCCC2)nc2c1c(=O)[nH]c(=O)n2C. The standard InChI is InChI=1S/C18H29N5O2/c1-3-4-5-6-10-13-23-14-15(21(2)18(25)20-16(14)24)19-17(23)22-11-8-7-9-12-22/h3-13H2,1-2H3,(H,20,24,25). The highest BCUT2D eigenvalue weighted by Gasteiger charge is 2.22. The molecule has 1 saturated heterocycles. The molecular weight excluding hydrogens is 318 g/mol. The number of aromatic nitrogens is 4. The summed E-state index contributed by atoms with van der Waals surface area (Å²) in [7, 11) is 1.67. The third kappa shape index (κ3) is 3.65. The van der Waals surface area contributed by atoms with E-state index in [1.807, 2.05) is 4.57 Å². The number of anilines is 1. The third-order valence-electron chi connectivity index (χ3n) is 5.11. The van der Waals surface area contributed by atoms with E-state index in [-0.39, 0.29) is 5.56 Å². The van der Waals surface area contributed by atoms with Crippen molar-refractivity contribution in [2.24, 2.45) is 7.05 Å². The van der Waals surface area contributed by atoms with E-state index in [9.17, 15) is 9.59 Å². The molecule has 1 fully saturated rings. The van der Waals surface area contributed by atoms with Gasteiger partial charge in [0.25, 0.3) is 5.56 Å². The van der Waals surface area contributed by atoms with Gasteiger partial charge in [-0.2, -0.15) is 4.98 Å². The van der Waals surface area contributed by atoms with Gasteiger partial charge >= 0.3 is 5.69 Å². The quantitative estimate of drug-likeness (QED) is 0.780. The zero-order valence-electron chi connectivity index (χ0n) is 15.4. The lowest BCUT2D eigenvalue weighted by atomic mass is 10.1. The average molecular weight is 347 g/mol. The number of aromatic amines is 1. The van der Waals surface area contributed by atoms with Crippen LogP contribution in [-0.4, -0.2) is 32.2 Å². The molecule has 138 valence electrons. The molecule has 3 heterocycles. The molecule has 1 aliphatic heterocycles. The summed E-state index contributed by atoms with van der Waals surface area (Å²) < 4.78 is 3.47. The lowest BCUT2D eigenvalue weighted by molar-refractivity contribution is 0.538. The van der Waals surface area contributed by atoms with Crippen molar-refractivity contribution >= 4 is 17.1 Å². The maximum Gasteiger partial charge on any atom is 0.329 e. The molecule has 0 aromatic carbocycles. The number of fused-ring (bicyclic) bond motifs is 1. The molecule has 0 aliphatic carbocycles. The Balaban J connectivity index is 1.98. The summed E-state index contributed by atoms with van der Waals surface area (Å²) in [5.74, 6) is 0.844. The molecule has 0 atom stereocenters. The lowest BCUT2D eigenvalue weighted by Crippen LogP contribution is -2.32. The van der Waals surface area contributed by atoms with Gasteiger partial charge in [0, 0.05) is 26.7 Å². The van der Waals surface area contributed by atoms with Crippen LogP contribution in [-0.2, 0) is 13.6 Å². The van der Waals surface area contributed by atoms with Crippen LogP contribution >= 0.6 is 0 Å². The number of rotatable bonds is 7. The number of unbranched alkanes of at least 4 members (excludes halogenated alkanes) is 4. The largest absolute Gasteiger partial charge is 0.342 e. The van der Waals surface area contributed by atoms with Gasteiger partial charge in [0.1, 0.15) is 0 Å². The van der Waals surface area contributed by atoms with Gasteiger partial charge in [-0.3, -0.25) is 14.3 Å². The minimum atomic E-state index is -0.407. The van der Waals surface area contributed by atoms with Crippen LogP contribution in [0.1, 0.15) is 58.3 Å². The summed E-state index contributed by atoms with van der Waals surface area (Å²) in [6.07, 6.45) is 9.40. The van der Waals surface area contributed by atoms with Crippen molar-refractivity contribution in [2.45, 2.75) is 64.8 Å². The first-order valence-electron chi connectivity index (χ1n) is 9.58. The Morgan fingerprint density at radius 2 is 1.76 bits per heavy atom. The fraction of sp³-hybridized carbons (Fsp3) is 0.722. The molecule has 2 aromatic heterocycles. The van der Waals surface area contributed by atoms with Crippen LogP contribution < -0.4 is 16.1 Å². The molecule has 7 heteroatoms. The molecule has 1 aliphatic rings. The van der Waals surface area contributed by atoms with Crippen LogP contribution in [0.2, 0.25) is 0 Å². The number of H-pyrrole nitrogens is 1. The molecule has 0 saturated carbocycles. The topological polar surface area (TPSA) is 75.9 Å². The second-order valence-corrected chi connectivity index (χ2v) is 7.02. The number of hydrogen-bond acceptors (Lipinski definition) is 4. The molecule has 2 aromatic rings. The summed E-state index contributed by atoms with van der Waals surface area (Å²) >= 11 is 0. The van der Waals surface area contributed by atoms with Crippen molar-refractivity contribution in [2.75, 3.05) is 18.0 Å². The minimum Gasteiger partial charge on any atom is -0.342 e. The molecule has 0 spiro atoms. The Labute approximate surface area is 147 Å². The monoisotopic (exact) mass is 347 g/mol. The fourth-order valence-corrected chi connectivity index (χ4v) is 3.64. The summed E-state index contributed by atoms with van der Waals surface area (Å²) in [4.78, 5) is 33.8. The first kappa shape index (κ1) is 17.8. The highest BCUT2D eigenvalue weighted by atomic mass is 16.2. The first-order chi connectivity index (χ1) is 12.1. The van der Waals surface area contributed by atoms with Gasteiger partial charge in [0.2, 0.25) is 5.95 Å². The summed E-state index contributed by atoms with van der Waals surface area (Å²) in [5.41, 5.74) is 0.277. The van der Waals surface area contributed by atoms with Gasteiger partial charge in [-0.25, -0.2) is 4.79 Å². The van der Waals surface area contributed by atoms with Crippen molar-refractivity contribution in [3.63, 3.8) is 0 Å². The van der Waals surface area contributed by atoms with Crippen LogP contribution in [0.15, 0.2) is 9.59 Å². The first-order valence-corrected chi connectivity index (χ1v) is 9.58. The van der Waals surface area contributed by atoms with Crippen molar-refractivity contribution in [3.05, 3.63) is 20.8 Å². The molecule has 0 unspecified atom stereocenters. The predicted octanol–water partition coefficient (Wildman–Crippen LogP) is 2.38. The lowest BCUT2D eigenvalue weighted by Gasteiger charge is -2.28. The molecule has 0 bridgehead atoms. The van der Waals surface area contributed by atoms with E-state index in [4.69, 9.17) is 4.98 Å². The van der Waals surface area contributed by atoms with E-state index in [2.05, 4.69) is 16.8 Å². The number of piperidine rings is 1. The van der Waals surface area contributed by atoms with Crippen LogP contribution in [0.5, 0.6) is 0 Å². The Morgan fingerprint density at radius 1 is 1.04 bits per heavy atom. The van der Waals surface area contributed by atoms with Crippen LogP contribution in [0, 0.1) is 0 Å².